The van der Waals surface area contributed by atoms with Gasteiger partial charge in [0.2, 0.25) is 0 Å². The van der Waals surface area contributed by atoms with E-state index in [2.05, 4.69) is 117 Å². The number of hydrogen-bond acceptors (Lipinski definition) is 3. The topological polar surface area (TPSA) is 54.4 Å². The number of Topliss-reactive ketones (excluding diaryl/α,β-unsaturated/α-hetero) is 2. The normalized spacial score (nSPS) is 27.8. The summed E-state index contributed by atoms with van der Waals surface area (Å²) in [6.45, 7) is 22.9. The van der Waals surface area contributed by atoms with Crippen LogP contribution in [0, 0.1) is 28.6 Å². The van der Waals surface area contributed by atoms with Gasteiger partial charge in [0.25, 0.3) is 0 Å². The molecule has 0 amide bonds. The van der Waals surface area contributed by atoms with Crippen molar-refractivity contribution in [2.75, 3.05) is 0 Å². The molecule has 1 fully saturated rings. The number of carbonyl (C=O) groups excluding carboxylic acids is 2. The first-order valence-electron chi connectivity index (χ1n) is 16.0. The average Bonchev–Trinajstić information content (AvgIpc) is 2.92. The van der Waals surface area contributed by atoms with Crippen LogP contribution in [0.4, 0.5) is 0 Å². The van der Waals surface area contributed by atoms with Gasteiger partial charge in [0.05, 0.1) is 0 Å². The van der Waals surface area contributed by atoms with Crippen molar-refractivity contribution in [3.63, 3.8) is 0 Å². The first-order valence-corrected chi connectivity index (χ1v) is 16.0. The van der Waals surface area contributed by atoms with Crippen molar-refractivity contribution in [2.45, 2.75) is 95.1 Å². The van der Waals surface area contributed by atoms with Gasteiger partial charge in [-0.15, -0.1) is 0 Å². The number of aliphatic hydroxyl groups is 1. The van der Waals surface area contributed by atoms with Crippen LogP contribution in [0.25, 0.3) is 0 Å². The average molecular weight is 597 g/mol. The van der Waals surface area contributed by atoms with E-state index in [0.717, 1.165) is 28.7 Å². The van der Waals surface area contributed by atoms with E-state index < -0.39 is 6.10 Å². The van der Waals surface area contributed by atoms with Gasteiger partial charge in [0.1, 0.15) is 11.9 Å². The van der Waals surface area contributed by atoms with Crippen LogP contribution in [-0.4, -0.2) is 22.8 Å². The Morgan fingerprint density at radius 1 is 0.727 bits per heavy atom. The predicted molar refractivity (Wildman–Crippen MR) is 188 cm³/mol. The number of allylic oxidation sites excluding steroid dienone is 19. The number of rotatable bonds is 10. The smallest absolute Gasteiger partial charge is 0.187 e. The molecule has 1 saturated carbocycles. The Labute approximate surface area is 268 Å². The molecule has 238 valence electrons. The molecular weight excluding hydrogens is 540 g/mol. The summed E-state index contributed by atoms with van der Waals surface area (Å²) in [6, 6.07) is 0. The first-order chi connectivity index (χ1) is 20.5. The van der Waals surface area contributed by atoms with Crippen LogP contribution in [0.2, 0.25) is 0 Å². The molecule has 2 aliphatic rings. The molecule has 1 N–H and O–H groups in total. The lowest BCUT2D eigenvalue weighted by Crippen LogP contribution is -2.42. The summed E-state index contributed by atoms with van der Waals surface area (Å²) in [7, 11) is 0. The van der Waals surface area contributed by atoms with Crippen molar-refractivity contribution in [1.82, 2.24) is 0 Å². The lowest BCUT2D eigenvalue weighted by atomic mass is 9.60. The summed E-state index contributed by atoms with van der Waals surface area (Å²) in [4.78, 5) is 24.8. The predicted octanol–water partition coefficient (Wildman–Crippen LogP) is 10.1. The van der Waals surface area contributed by atoms with Crippen LogP contribution in [0.1, 0.15) is 89.0 Å². The highest BCUT2D eigenvalue weighted by atomic mass is 16.3. The van der Waals surface area contributed by atoms with Crippen LogP contribution < -0.4 is 0 Å². The highest BCUT2D eigenvalue weighted by Gasteiger charge is 2.43. The van der Waals surface area contributed by atoms with Gasteiger partial charge in [-0.05, 0) is 75.4 Å². The van der Waals surface area contributed by atoms with E-state index in [9.17, 15) is 14.7 Å². The first kappa shape index (κ1) is 36.9. The van der Waals surface area contributed by atoms with Gasteiger partial charge < -0.3 is 5.11 Å². The molecule has 0 heterocycles. The van der Waals surface area contributed by atoms with Crippen molar-refractivity contribution in [3.05, 3.63) is 119 Å². The van der Waals surface area contributed by atoms with Crippen molar-refractivity contribution in [3.8, 4) is 0 Å². The Morgan fingerprint density at radius 3 is 1.75 bits per heavy atom. The molecule has 0 aromatic rings. The second kappa shape index (κ2) is 16.1. The van der Waals surface area contributed by atoms with Gasteiger partial charge in [-0.3, -0.25) is 9.59 Å². The Balaban J connectivity index is 1.93. The third-order valence-electron chi connectivity index (χ3n) is 9.06. The number of ketones is 2. The molecule has 2 aliphatic carbocycles. The molecule has 4 atom stereocenters. The highest BCUT2D eigenvalue weighted by molar-refractivity contribution is 6.00. The molecule has 0 bridgehead atoms. The molecule has 0 aliphatic heterocycles. The molecular formula is C41H56O3. The molecule has 0 radical (unpaired) electrons. The van der Waals surface area contributed by atoms with E-state index >= 15 is 0 Å². The number of hydrogen-bond donors (Lipinski definition) is 1. The van der Waals surface area contributed by atoms with Gasteiger partial charge in [0, 0.05) is 11.8 Å². The van der Waals surface area contributed by atoms with E-state index in [4.69, 9.17) is 0 Å². The van der Waals surface area contributed by atoms with E-state index in [1.54, 1.807) is 0 Å². The minimum absolute atomic E-state index is 0.0637. The van der Waals surface area contributed by atoms with Gasteiger partial charge in [-0.1, -0.05) is 149 Å². The van der Waals surface area contributed by atoms with Crippen LogP contribution >= 0.6 is 0 Å². The van der Waals surface area contributed by atoms with Gasteiger partial charge in [-0.2, -0.15) is 0 Å². The maximum Gasteiger partial charge on any atom is 0.187 e. The van der Waals surface area contributed by atoms with Crippen molar-refractivity contribution in [1.29, 1.82) is 0 Å². The van der Waals surface area contributed by atoms with Crippen LogP contribution in [-0.2, 0) is 9.59 Å². The van der Waals surface area contributed by atoms with Crippen molar-refractivity contribution >= 4 is 11.6 Å². The van der Waals surface area contributed by atoms with Crippen molar-refractivity contribution < 1.29 is 14.7 Å². The zero-order chi connectivity index (χ0) is 33.2. The van der Waals surface area contributed by atoms with Gasteiger partial charge in [-0.25, -0.2) is 0 Å². The standard InChI is InChI=1S/C41H56O3/c1-28(18-14-20-30(3)22-24-35-33(6)38(43)32(5)26-40(35,8)9)16-12-13-17-29(2)19-15-21-31(4)23-25-36-34(7)39(44)37(42)27-41(36,10)11/h12-25,32-33,35,37,42H,26-27H2,1-11H3/b13-12+,18-14+,19-15+,24-22+,25-23+,28-16+,29-17+,30-20+,31-21+/t32?,33?,35?,37-/m0/s1. The Morgan fingerprint density at radius 2 is 1.20 bits per heavy atom. The molecule has 44 heavy (non-hydrogen) atoms. The second-order valence-corrected chi connectivity index (χ2v) is 14.3. The maximum atomic E-state index is 12.5. The zero-order valence-corrected chi connectivity index (χ0v) is 29.1. The van der Waals surface area contributed by atoms with E-state index in [1.807, 2.05) is 44.2 Å². The Kier molecular flexibility index (Phi) is 13.5. The number of aliphatic hydroxyl groups excluding tert-OH is 1. The van der Waals surface area contributed by atoms with Crippen molar-refractivity contribution in [2.24, 2.45) is 28.6 Å². The monoisotopic (exact) mass is 596 g/mol. The molecule has 0 aromatic heterocycles. The van der Waals surface area contributed by atoms with E-state index in [1.165, 1.54) is 5.57 Å². The SMILES string of the molecule is CC1=C(/C=C/C(C)=C/C=C/C(C)=C/C=C/C=C(C)/C=C/C=C(C)/C=C/C2C(C)C(=O)C(C)CC2(C)C)C(C)(C)C[C@H](O)C1=O. The molecule has 0 aromatic carbocycles. The summed E-state index contributed by atoms with van der Waals surface area (Å²) >= 11 is 0. The lowest BCUT2D eigenvalue weighted by molar-refractivity contribution is -0.133. The van der Waals surface area contributed by atoms with E-state index in [0.29, 0.717) is 17.8 Å². The fraction of sp³-hybridized carbons (Fsp3) is 0.463. The Hall–Kier alpha value is -3.30. The molecule has 0 saturated heterocycles. The summed E-state index contributed by atoms with van der Waals surface area (Å²) in [5, 5.41) is 10.0. The summed E-state index contributed by atoms with van der Waals surface area (Å²) < 4.78 is 0. The highest BCUT2D eigenvalue weighted by Crippen LogP contribution is 2.45. The fourth-order valence-corrected chi connectivity index (χ4v) is 6.49. The largest absolute Gasteiger partial charge is 0.385 e. The molecule has 3 heteroatoms. The van der Waals surface area contributed by atoms with Gasteiger partial charge >= 0.3 is 0 Å². The fourth-order valence-electron chi connectivity index (χ4n) is 6.49. The number of carbonyl (C=O) groups is 2. The minimum Gasteiger partial charge on any atom is -0.385 e. The molecule has 3 unspecified atom stereocenters. The third-order valence-corrected chi connectivity index (χ3v) is 9.06. The summed E-state index contributed by atoms with van der Waals surface area (Å²) in [5.41, 5.74) is 6.09. The molecule has 0 spiro atoms. The van der Waals surface area contributed by atoms with Crippen LogP contribution in [0.3, 0.4) is 0 Å². The summed E-state index contributed by atoms with van der Waals surface area (Å²) in [5.74, 6) is 0.701. The van der Waals surface area contributed by atoms with Crippen LogP contribution in [0.5, 0.6) is 0 Å². The molecule has 2 rings (SSSR count). The Bertz CT molecular complexity index is 1370. The minimum atomic E-state index is -0.900. The van der Waals surface area contributed by atoms with Crippen LogP contribution in [0.15, 0.2) is 119 Å². The lowest BCUT2D eigenvalue weighted by Gasteiger charge is -2.43. The second-order valence-electron chi connectivity index (χ2n) is 14.3. The van der Waals surface area contributed by atoms with E-state index in [-0.39, 0.29) is 34.4 Å². The van der Waals surface area contributed by atoms with Gasteiger partial charge in [0.15, 0.2) is 5.78 Å². The zero-order valence-electron chi connectivity index (χ0n) is 29.1. The molecule has 3 nitrogen and oxygen atoms in total. The summed E-state index contributed by atoms with van der Waals surface area (Å²) in [6.07, 6.45) is 29.6. The quantitative estimate of drug-likeness (QED) is 0.255. The third kappa shape index (κ3) is 10.7. The maximum absolute atomic E-state index is 12.5.